The van der Waals surface area contributed by atoms with E-state index in [1.807, 2.05) is 61.5 Å². The van der Waals surface area contributed by atoms with E-state index in [-0.39, 0.29) is 5.91 Å². The number of hydrogen-bond donors (Lipinski definition) is 2. The van der Waals surface area contributed by atoms with Crippen molar-refractivity contribution in [3.8, 4) is 0 Å². The van der Waals surface area contributed by atoms with Gasteiger partial charge in [-0.3, -0.25) is 4.79 Å². The SMILES string of the molecule is CN(C)c1ccc(NC(=O)CSc2nnc(NCc3ccccc3)s2)cc1. The van der Waals surface area contributed by atoms with Crippen molar-refractivity contribution in [1.82, 2.24) is 10.2 Å². The highest BCUT2D eigenvalue weighted by molar-refractivity contribution is 8.01. The van der Waals surface area contributed by atoms with Gasteiger partial charge in [0.25, 0.3) is 0 Å². The minimum Gasteiger partial charge on any atom is -0.378 e. The lowest BCUT2D eigenvalue weighted by Crippen LogP contribution is -2.14. The van der Waals surface area contributed by atoms with Crippen LogP contribution in [0, 0.1) is 0 Å². The second-order valence-corrected chi connectivity index (χ2v) is 8.19. The Morgan fingerprint density at radius 2 is 1.81 bits per heavy atom. The lowest BCUT2D eigenvalue weighted by atomic mass is 10.2. The van der Waals surface area contributed by atoms with E-state index < -0.39 is 0 Å². The number of benzene rings is 2. The van der Waals surface area contributed by atoms with Crippen LogP contribution in [0.5, 0.6) is 0 Å². The van der Waals surface area contributed by atoms with E-state index in [1.54, 1.807) is 0 Å². The Balaban J connectivity index is 1.44. The van der Waals surface area contributed by atoms with Gasteiger partial charge in [-0.1, -0.05) is 53.4 Å². The summed E-state index contributed by atoms with van der Waals surface area (Å²) in [5, 5.41) is 15.1. The van der Waals surface area contributed by atoms with Crippen molar-refractivity contribution in [3.05, 3.63) is 60.2 Å². The second kappa shape index (κ2) is 9.38. The first-order chi connectivity index (χ1) is 13.1. The number of nitrogens with zero attached hydrogens (tertiary/aromatic N) is 3. The quantitative estimate of drug-likeness (QED) is 0.559. The normalized spacial score (nSPS) is 10.4. The standard InChI is InChI=1S/C19H21N5OS2/c1-24(2)16-10-8-15(9-11-16)21-17(25)13-26-19-23-22-18(27-19)20-12-14-6-4-3-5-7-14/h3-11H,12-13H2,1-2H3,(H,20,22)(H,21,25). The van der Waals surface area contributed by atoms with Crippen LogP contribution in [0.4, 0.5) is 16.5 Å². The molecule has 1 aromatic heterocycles. The molecular formula is C19H21N5OS2. The molecule has 0 aliphatic rings. The van der Waals surface area contributed by atoms with Crippen LogP contribution in [0.1, 0.15) is 5.56 Å². The zero-order chi connectivity index (χ0) is 19.1. The molecule has 27 heavy (non-hydrogen) atoms. The van der Waals surface area contributed by atoms with Crippen molar-refractivity contribution in [2.45, 2.75) is 10.9 Å². The third-order valence-electron chi connectivity index (χ3n) is 3.69. The van der Waals surface area contributed by atoms with Gasteiger partial charge in [-0.2, -0.15) is 0 Å². The van der Waals surface area contributed by atoms with E-state index in [9.17, 15) is 4.79 Å². The average Bonchev–Trinajstić information content (AvgIpc) is 3.14. The first-order valence-corrected chi connectivity index (χ1v) is 10.2. The first-order valence-electron chi connectivity index (χ1n) is 8.41. The predicted octanol–water partition coefficient (Wildman–Crippen LogP) is 3.95. The van der Waals surface area contributed by atoms with Crippen molar-refractivity contribution >= 4 is 45.5 Å². The molecule has 0 atom stereocenters. The molecule has 8 heteroatoms. The highest BCUT2D eigenvalue weighted by Crippen LogP contribution is 2.26. The molecule has 0 saturated carbocycles. The molecule has 1 amide bonds. The summed E-state index contributed by atoms with van der Waals surface area (Å²) >= 11 is 2.83. The molecule has 0 unspecified atom stereocenters. The number of carbonyl (C=O) groups excluding carboxylic acids is 1. The fourth-order valence-corrected chi connectivity index (χ4v) is 3.83. The van der Waals surface area contributed by atoms with E-state index in [2.05, 4.69) is 33.0 Å². The Hall–Kier alpha value is -2.58. The summed E-state index contributed by atoms with van der Waals surface area (Å²) in [6.45, 7) is 0.698. The van der Waals surface area contributed by atoms with Crippen LogP contribution in [-0.2, 0) is 11.3 Å². The van der Waals surface area contributed by atoms with Crippen LogP contribution in [0.25, 0.3) is 0 Å². The molecule has 1 heterocycles. The highest BCUT2D eigenvalue weighted by atomic mass is 32.2. The van der Waals surface area contributed by atoms with Crippen molar-refractivity contribution in [2.24, 2.45) is 0 Å². The van der Waals surface area contributed by atoms with Crippen LogP contribution in [0.2, 0.25) is 0 Å². The van der Waals surface area contributed by atoms with Gasteiger partial charge in [-0.15, -0.1) is 10.2 Å². The average molecular weight is 400 g/mol. The van der Waals surface area contributed by atoms with Gasteiger partial charge in [0.05, 0.1) is 5.75 Å². The number of amides is 1. The molecule has 0 spiro atoms. The number of rotatable bonds is 8. The Bertz CT molecular complexity index is 865. The fraction of sp³-hybridized carbons (Fsp3) is 0.211. The Kier molecular flexibility index (Phi) is 6.67. The number of thioether (sulfide) groups is 1. The van der Waals surface area contributed by atoms with Gasteiger partial charge in [-0.25, -0.2) is 0 Å². The molecule has 3 rings (SSSR count). The largest absolute Gasteiger partial charge is 0.378 e. The molecule has 3 aromatic rings. The van der Waals surface area contributed by atoms with Gasteiger partial charge in [0, 0.05) is 32.0 Å². The van der Waals surface area contributed by atoms with Gasteiger partial charge in [0.15, 0.2) is 4.34 Å². The van der Waals surface area contributed by atoms with Crippen molar-refractivity contribution in [2.75, 3.05) is 35.4 Å². The smallest absolute Gasteiger partial charge is 0.234 e. The minimum absolute atomic E-state index is 0.0633. The van der Waals surface area contributed by atoms with Crippen molar-refractivity contribution < 1.29 is 4.79 Å². The highest BCUT2D eigenvalue weighted by Gasteiger charge is 2.09. The summed E-state index contributed by atoms with van der Waals surface area (Å²) in [4.78, 5) is 14.1. The molecule has 2 aromatic carbocycles. The van der Waals surface area contributed by atoms with E-state index in [1.165, 1.54) is 28.7 Å². The zero-order valence-corrected chi connectivity index (χ0v) is 16.8. The van der Waals surface area contributed by atoms with Gasteiger partial charge in [0.2, 0.25) is 11.0 Å². The van der Waals surface area contributed by atoms with Crippen LogP contribution in [0.15, 0.2) is 58.9 Å². The summed E-state index contributed by atoms with van der Waals surface area (Å²) in [5.74, 6) is 0.231. The maximum absolute atomic E-state index is 12.1. The monoisotopic (exact) mass is 399 g/mol. The Morgan fingerprint density at radius 3 is 2.52 bits per heavy atom. The van der Waals surface area contributed by atoms with E-state index >= 15 is 0 Å². The van der Waals surface area contributed by atoms with E-state index in [0.717, 1.165) is 20.8 Å². The fourth-order valence-electron chi connectivity index (χ4n) is 2.28. The summed E-state index contributed by atoms with van der Waals surface area (Å²) in [5.41, 5.74) is 3.06. The second-order valence-electron chi connectivity index (χ2n) is 5.99. The minimum atomic E-state index is -0.0633. The third-order valence-corrected chi connectivity index (χ3v) is 5.70. The Labute approximate surface area is 167 Å². The summed E-state index contributed by atoms with van der Waals surface area (Å²) < 4.78 is 0.767. The molecule has 0 bridgehead atoms. The molecule has 0 radical (unpaired) electrons. The summed E-state index contributed by atoms with van der Waals surface area (Å²) in [6.07, 6.45) is 0. The topological polar surface area (TPSA) is 70.2 Å². The number of carbonyl (C=O) groups is 1. The number of hydrogen-bond acceptors (Lipinski definition) is 7. The predicted molar refractivity (Wildman–Crippen MR) is 114 cm³/mol. The van der Waals surface area contributed by atoms with E-state index in [4.69, 9.17) is 0 Å². The molecule has 0 fully saturated rings. The zero-order valence-electron chi connectivity index (χ0n) is 15.2. The summed E-state index contributed by atoms with van der Waals surface area (Å²) in [7, 11) is 3.96. The Morgan fingerprint density at radius 1 is 1.07 bits per heavy atom. The molecule has 0 saturated heterocycles. The molecule has 0 aliphatic carbocycles. The third kappa shape index (κ3) is 5.97. The van der Waals surface area contributed by atoms with Gasteiger partial charge < -0.3 is 15.5 Å². The van der Waals surface area contributed by atoms with E-state index in [0.29, 0.717) is 12.3 Å². The van der Waals surface area contributed by atoms with Crippen LogP contribution in [-0.4, -0.2) is 36.0 Å². The molecule has 0 aliphatic heterocycles. The summed E-state index contributed by atoms with van der Waals surface area (Å²) in [6, 6.07) is 17.8. The molecule has 6 nitrogen and oxygen atoms in total. The van der Waals surface area contributed by atoms with Gasteiger partial charge in [0.1, 0.15) is 0 Å². The maximum Gasteiger partial charge on any atom is 0.234 e. The maximum atomic E-state index is 12.1. The van der Waals surface area contributed by atoms with Crippen LogP contribution in [0.3, 0.4) is 0 Å². The molecule has 140 valence electrons. The lowest BCUT2D eigenvalue weighted by Gasteiger charge is -2.12. The van der Waals surface area contributed by atoms with Crippen molar-refractivity contribution in [1.29, 1.82) is 0 Å². The van der Waals surface area contributed by atoms with Crippen molar-refractivity contribution in [3.63, 3.8) is 0 Å². The molecule has 2 N–H and O–H groups in total. The number of aromatic nitrogens is 2. The number of anilines is 3. The van der Waals surface area contributed by atoms with Crippen LogP contribution >= 0.6 is 23.1 Å². The molecular weight excluding hydrogens is 378 g/mol. The van der Waals surface area contributed by atoms with Crippen LogP contribution < -0.4 is 15.5 Å². The van der Waals surface area contributed by atoms with Gasteiger partial charge in [-0.05, 0) is 29.8 Å². The lowest BCUT2D eigenvalue weighted by molar-refractivity contribution is -0.113. The van der Waals surface area contributed by atoms with Gasteiger partial charge >= 0.3 is 0 Å². The first kappa shape index (κ1) is 19.2. The number of nitrogens with one attached hydrogen (secondary N) is 2.